The number of tetrazole rings is 1. The number of benzene rings is 1. The molecule has 5 nitrogen and oxygen atoms in total. The highest BCUT2D eigenvalue weighted by molar-refractivity contribution is 9.10. The van der Waals surface area contributed by atoms with Crippen molar-refractivity contribution in [2.75, 3.05) is 7.11 Å². The summed E-state index contributed by atoms with van der Waals surface area (Å²) in [7, 11) is 1.65. The number of hydrogen-bond donors (Lipinski definition) is 0. The van der Waals surface area contributed by atoms with Crippen LogP contribution < -0.4 is 4.74 Å². The average molecular weight is 295 g/mol. The molecule has 1 fully saturated rings. The third kappa shape index (κ3) is 1.93. The summed E-state index contributed by atoms with van der Waals surface area (Å²) in [5, 5.41) is 11.9. The highest BCUT2D eigenvalue weighted by Crippen LogP contribution is 2.40. The number of methoxy groups -OCH3 is 1. The van der Waals surface area contributed by atoms with Crippen LogP contribution in [0, 0.1) is 0 Å². The molecule has 0 atom stereocenters. The lowest BCUT2D eigenvalue weighted by molar-refractivity contribution is 0.411. The predicted octanol–water partition coefficient (Wildman–Crippen LogP) is 2.31. The van der Waals surface area contributed by atoms with Gasteiger partial charge in [0.05, 0.1) is 7.11 Å². The fraction of sp³-hybridized carbons (Fsp3) is 0.364. The van der Waals surface area contributed by atoms with E-state index in [1.807, 2.05) is 18.2 Å². The zero-order chi connectivity index (χ0) is 11.8. The Morgan fingerprint density at radius 3 is 2.94 bits per heavy atom. The summed E-state index contributed by atoms with van der Waals surface area (Å²) in [6.07, 6.45) is 2.33. The molecular formula is C11H11BrN4O. The third-order valence-corrected chi connectivity index (χ3v) is 3.30. The smallest absolute Gasteiger partial charge is 0.159 e. The maximum absolute atomic E-state index is 5.34. The molecule has 0 amide bonds. The van der Waals surface area contributed by atoms with Gasteiger partial charge in [-0.3, -0.25) is 0 Å². The van der Waals surface area contributed by atoms with Crippen LogP contribution >= 0.6 is 15.9 Å². The van der Waals surface area contributed by atoms with Crippen LogP contribution in [0.2, 0.25) is 0 Å². The molecule has 6 heteroatoms. The molecule has 17 heavy (non-hydrogen) atoms. The molecule has 0 saturated heterocycles. The SMILES string of the molecule is COc1ccc(Br)cc1-n1nnnc1C1CC1. The first-order valence-electron chi connectivity index (χ1n) is 5.42. The molecule has 3 rings (SSSR count). The third-order valence-electron chi connectivity index (χ3n) is 2.81. The van der Waals surface area contributed by atoms with Gasteiger partial charge in [0, 0.05) is 10.4 Å². The molecule has 1 heterocycles. The minimum absolute atomic E-state index is 0.494. The van der Waals surface area contributed by atoms with Crippen LogP contribution in [0.15, 0.2) is 22.7 Å². The highest BCUT2D eigenvalue weighted by Gasteiger charge is 2.30. The molecule has 0 N–H and O–H groups in total. The summed E-state index contributed by atoms with van der Waals surface area (Å²) in [6.45, 7) is 0. The highest BCUT2D eigenvalue weighted by atomic mass is 79.9. The summed E-state index contributed by atoms with van der Waals surface area (Å²) in [5.41, 5.74) is 0.869. The molecular weight excluding hydrogens is 284 g/mol. The second-order valence-electron chi connectivity index (χ2n) is 4.04. The first kappa shape index (κ1) is 10.7. The summed E-state index contributed by atoms with van der Waals surface area (Å²) in [6, 6.07) is 5.79. The monoisotopic (exact) mass is 294 g/mol. The number of hydrogen-bond acceptors (Lipinski definition) is 4. The second-order valence-corrected chi connectivity index (χ2v) is 4.96. The average Bonchev–Trinajstić information content (AvgIpc) is 3.07. The van der Waals surface area contributed by atoms with Gasteiger partial charge in [-0.15, -0.1) is 5.10 Å². The van der Waals surface area contributed by atoms with Gasteiger partial charge in [-0.1, -0.05) is 15.9 Å². The van der Waals surface area contributed by atoms with Gasteiger partial charge in [0.2, 0.25) is 0 Å². The molecule has 88 valence electrons. The van der Waals surface area contributed by atoms with Crippen LogP contribution in [0.5, 0.6) is 5.75 Å². The maximum Gasteiger partial charge on any atom is 0.159 e. The first-order chi connectivity index (χ1) is 8.29. The van der Waals surface area contributed by atoms with Gasteiger partial charge in [0.25, 0.3) is 0 Å². The molecule has 1 aliphatic rings. The van der Waals surface area contributed by atoms with Gasteiger partial charge in [0.15, 0.2) is 5.82 Å². The lowest BCUT2D eigenvalue weighted by Crippen LogP contribution is -2.04. The maximum atomic E-state index is 5.34. The Bertz CT molecular complexity index is 550. The van der Waals surface area contributed by atoms with Crippen molar-refractivity contribution >= 4 is 15.9 Å². The Hall–Kier alpha value is -1.43. The molecule has 0 spiro atoms. The van der Waals surface area contributed by atoms with E-state index in [0.717, 1.165) is 34.6 Å². The van der Waals surface area contributed by atoms with Crippen LogP contribution in [-0.4, -0.2) is 27.3 Å². The zero-order valence-corrected chi connectivity index (χ0v) is 10.9. The Kier molecular flexibility index (Phi) is 2.58. The van der Waals surface area contributed by atoms with E-state index in [1.165, 1.54) is 0 Å². The number of rotatable bonds is 3. The van der Waals surface area contributed by atoms with Crippen molar-refractivity contribution in [2.24, 2.45) is 0 Å². The number of nitrogens with zero attached hydrogens (tertiary/aromatic N) is 4. The number of aromatic nitrogens is 4. The van der Waals surface area contributed by atoms with E-state index in [1.54, 1.807) is 11.8 Å². The molecule has 0 aliphatic heterocycles. The molecule has 1 aromatic heterocycles. The number of ether oxygens (including phenoxy) is 1. The first-order valence-corrected chi connectivity index (χ1v) is 6.21. The molecule has 0 unspecified atom stereocenters. The van der Waals surface area contributed by atoms with Crippen molar-refractivity contribution in [1.82, 2.24) is 20.2 Å². The summed E-state index contributed by atoms with van der Waals surface area (Å²) in [5.74, 6) is 2.18. The molecule has 1 saturated carbocycles. The van der Waals surface area contributed by atoms with E-state index in [-0.39, 0.29) is 0 Å². The molecule has 1 aliphatic carbocycles. The second kappa shape index (κ2) is 4.10. The summed E-state index contributed by atoms with van der Waals surface area (Å²) >= 11 is 3.45. The van der Waals surface area contributed by atoms with Crippen LogP contribution in [0.1, 0.15) is 24.6 Å². The molecule has 0 bridgehead atoms. The Morgan fingerprint density at radius 1 is 1.41 bits per heavy atom. The van der Waals surface area contributed by atoms with Crippen LogP contribution in [0.25, 0.3) is 5.69 Å². The van der Waals surface area contributed by atoms with Crippen molar-refractivity contribution in [3.05, 3.63) is 28.5 Å². The zero-order valence-electron chi connectivity index (χ0n) is 9.30. The lowest BCUT2D eigenvalue weighted by Gasteiger charge is -2.09. The van der Waals surface area contributed by atoms with Crippen molar-refractivity contribution < 1.29 is 4.74 Å². The molecule has 0 radical (unpaired) electrons. The quantitative estimate of drug-likeness (QED) is 0.872. The van der Waals surface area contributed by atoms with Gasteiger partial charge in [-0.2, -0.15) is 4.68 Å². The fourth-order valence-corrected chi connectivity index (χ4v) is 2.14. The van der Waals surface area contributed by atoms with Gasteiger partial charge in [-0.25, -0.2) is 0 Å². The Morgan fingerprint density at radius 2 is 2.24 bits per heavy atom. The van der Waals surface area contributed by atoms with Crippen molar-refractivity contribution in [3.8, 4) is 11.4 Å². The van der Waals surface area contributed by atoms with Gasteiger partial charge in [0.1, 0.15) is 11.4 Å². The largest absolute Gasteiger partial charge is 0.494 e. The van der Waals surface area contributed by atoms with E-state index in [2.05, 4.69) is 31.5 Å². The number of halogens is 1. The standard InChI is InChI=1S/C11H11BrN4O/c1-17-10-5-4-8(12)6-9(10)16-11(7-2-3-7)13-14-15-16/h4-7H,2-3H2,1H3. The lowest BCUT2D eigenvalue weighted by atomic mass is 10.3. The normalized spacial score (nSPS) is 14.9. The Balaban J connectivity index is 2.13. The van der Waals surface area contributed by atoms with Crippen LogP contribution in [0.3, 0.4) is 0 Å². The van der Waals surface area contributed by atoms with Crippen molar-refractivity contribution in [3.63, 3.8) is 0 Å². The minimum Gasteiger partial charge on any atom is -0.494 e. The van der Waals surface area contributed by atoms with E-state index in [0.29, 0.717) is 5.92 Å². The van der Waals surface area contributed by atoms with Crippen molar-refractivity contribution in [1.29, 1.82) is 0 Å². The van der Waals surface area contributed by atoms with Gasteiger partial charge >= 0.3 is 0 Å². The Labute approximate surface area is 107 Å². The minimum atomic E-state index is 0.494. The van der Waals surface area contributed by atoms with Crippen molar-refractivity contribution in [2.45, 2.75) is 18.8 Å². The molecule has 2 aromatic rings. The predicted molar refractivity (Wildman–Crippen MR) is 65.4 cm³/mol. The van der Waals surface area contributed by atoms with Gasteiger partial charge in [-0.05, 0) is 41.5 Å². The van der Waals surface area contributed by atoms with E-state index in [9.17, 15) is 0 Å². The summed E-state index contributed by atoms with van der Waals surface area (Å²) < 4.78 is 8.08. The molecule has 1 aromatic carbocycles. The topological polar surface area (TPSA) is 52.8 Å². The fourth-order valence-electron chi connectivity index (χ4n) is 1.79. The summed E-state index contributed by atoms with van der Waals surface area (Å²) in [4.78, 5) is 0. The van der Waals surface area contributed by atoms with E-state index in [4.69, 9.17) is 4.74 Å². The van der Waals surface area contributed by atoms with Gasteiger partial charge < -0.3 is 4.74 Å². The van der Waals surface area contributed by atoms with Crippen LogP contribution in [-0.2, 0) is 0 Å². The van der Waals surface area contributed by atoms with E-state index >= 15 is 0 Å². The van der Waals surface area contributed by atoms with E-state index < -0.39 is 0 Å². The van der Waals surface area contributed by atoms with Crippen LogP contribution in [0.4, 0.5) is 0 Å².